The summed E-state index contributed by atoms with van der Waals surface area (Å²) in [6, 6.07) is 0.396. The molecule has 0 radical (unpaired) electrons. The van der Waals surface area contributed by atoms with Crippen LogP contribution >= 0.6 is 0 Å². The lowest BCUT2D eigenvalue weighted by molar-refractivity contribution is -0.127. The first-order valence-corrected chi connectivity index (χ1v) is 4.15. The highest BCUT2D eigenvalue weighted by molar-refractivity contribution is 5.80. The maximum atomic E-state index is 11.3. The van der Waals surface area contributed by atoms with E-state index in [9.17, 15) is 4.79 Å². The van der Waals surface area contributed by atoms with Crippen molar-refractivity contribution in [3.8, 4) is 0 Å². The monoisotopic (exact) mass is 155 g/mol. The van der Waals surface area contributed by atoms with E-state index in [1.165, 1.54) is 0 Å². The number of hydrogen-bond acceptors (Lipinski definition) is 2. The normalized spacial score (nSPS) is 36.5. The molecule has 2 heterocycles. The van der Waals surface area contributed by atoms with Crippen molar-refractivity contribution < 1.29 is 9.53 Å². The van der Waals surface area contributed by atoms with Gasteiger partial charge < -0.3 is 9.64 Å². The zero-order valence-corrected chi connectivity index (χ0v) is 6.75. The highest BCUT2D eigenvalue weighted by Gasteiger charge is 2.42. The standard InChI is InChI=1S/C8H13NO2/c1-11-7-5-8(10)9-4-2-3-6(7)9/h6-7H,2-5H2,1H3/t6-,7+/m0/s1. The third-order valence-corrected chi connectivity index (χ3v) is 2.73. The molecule has 62 valence electrons. The van der Waals surface area contributed by atoms with Gasteiger partial charge in [-0.2, -0.15) is 0 Å². The minimum absolute atomic E-state index is 0.171. The number of rotatable bonds is 1. The molecule has 0 bridgehead atoms. The molecule has 11 heavy (non-hydrogen) atoms. The molecule has 0 N–H and O–H groups in total. The van der Waals surface area contributed by atoms with E-state index >= 15 is 0 Å². The summed E-state index contributed by atoms with van der Waals surface area (Å²) in [7, 11) is 1.69. The summed E-state index contributed by atoms with van der Waals surface area (Å²) in [6.07, 6.45) is 3.05. The average molecular weight is 155 g/mol. The summed E-state index contributed by atoms with van der Waals surface area (Å²) in [5, 5.41) is 0. The van der Waals surface area contributed by atoms with Crippen molar-refractivity contribution in [1.29, 1.82) is 0 Å². The second-order valence-electron chi connectivity index (χ2n) is 3.27. The lowest BCUT2D eigenvalue weighted by Crippen LogP contribution is -2.31. The van der Waals surface area contributed by atoms with Gasteiger partial charge in [-0.05, 0) is 12.8 Å². The maximum Gasteiger partial charge on any atom is 0.225 e. The van der Waals surface area contributed by atoms with Crippen molar-refractivity contribution in [2.24, 2.45) is 0 Å². The smallest absolute Gasteiger partial charge is 0.225 e. The van der Waals surface area contributed by atoms with Crippen LogP contribution in [0.25, 0.3) is 0 Å². The molecule has 2 aliphatic rings. The lowest BCUT2D eigenvalue weighted by atomic mass is 10.1. The van der Waals surface area contributed by atoms with Crippen LogP contribution in [0.15, 0.2) is 0 Å². The molecule has 3 nitrogen and oxygen atoms in total. The highest BCUT2D eigenvalue weighted by atomic mass is 16.5. The van der Waals surface area contributed by atoms with E-state index in [0.717, 1.165) is 19.4 Å². The minimum atomic E-state index is 0.171. The second-order valence-corrected chi connectivity index (χ2v) is 3.27. The maximum absolute atomic E-state index is 11.3. The van der Waals surface area contributed by atoms with Crippen LogP contribution in [-0.4, -0.2) is 36.6 Å². The number of carbonyl (C=O) groups is 1. The molecule has 0 aromatic carbocycles. The average Bonchev–Trinajstić information content (AvgIpc) is 2.54. The van der Waals surface area contributed by atoms with Gasteiger partial charge in [-0.3, -0.25) is 4.79 Å². The number of carbonyl (C=O) groups excluding carboxylic acids is 1. The molecule has 0 spiro atoms. The van der Waals surface area contributed by atoms with E-state index in [0.29, 0.717) is 12.5 Å². The molecular formula is C8H13NO2. The van der Waals surface area contributed by atoms with Crippen molar-refractivity contribution in [3.05, 3.63) is 0 Å². The predicted octanol–water partition coefficient (Wildman–Crippen LogP) is 0.396. The Hall–Kier alpha value is -0.570. The van der Waals surface area contributed by atoms with Gasteiger partial charge in [-0.25, -0.2) is 0 Å². The zero-order chi connectivity index (χ0) is 7.84. The molecule has 1 amide bonds. The number of hydrogen-bond donors (Lipinski definition) is 0. The molecule has 2 rings (SSSR count). The van der Waals surface area contributed by atoms with Crippen LogP contribution in [0.4, 0.5) is 0 Å². The molecule has 2 saturated heterocycles. The molecular weight excluding hydrogens is 142 g/mol. The molecule has 2 aliphatic heterocycles. The Labute approximate surface area is 66.3 Å². The fraction of sp³-hybridized carbons (Fsp3) is 0.875. The first kappa shape index (κ1) is 7.10. The van der Waals surface area contributed by atoms with Crippen LogP contribution in [0.1, 0.15) is 19.3 Å². The van der Waals surface area contributed by atoms with Gasteiger partial charge in [0.2, 0.25) is 5.91 Å². The molecule has 0 unspecified atom stereocenters. The topological polar surface area (TPSA) is 29.5 Å². The zero-order valence-electron chi connectivity index (χ0n) is 6.75. The Balaban J connectivity index is 2.13. The van der Waals surface area contributed by atoms with E-state index in [2.05, 4.69) is 0 Å². The minimum Gasteiger partial charge on any atom is -0.379 e. The van der Waals surface area contributed by atoms with Gasteiger partial charge in [0, 0.05) is 13.7 Å². The summed E-state index contributed by atoms with van der Waals surface area (Å²) >= 11 is 0. The first-order valence-electron chi connectivity index (χ1n) is 4.15. The predicted molar refractivity (Wildman–Crippen MR) is 40.1 cm³/mol. The van der Waals surface area contributed by atoms with E-state index in [1.807, 2.05) is 4.90 Å². The molecule has 0 aliphatic carbocycles. The summed E-state index contributed by atoms with van der Waals surface area (Å²) in [5.74, 6) is 0.277. The van der Waals surface area contributed by atoms with E-state index in [1.54, 1.807) is 7.11 Å². The van der Waals surface area contributed by atoms with Crippen molar-refractivity contribution in [3.63, 3.8) is 0 Å². The van der Waals surface area contributed by atoms with Gasteiger partial charge in [0.25, 0.3) is 0 Å². The van der Waals surface area contributed by atoms with Crippen molar-refractivity contribution in [1.82, 2.24) is 4.90 Å². The van der Waals surface area contributed by atoms with Crippen LogP contribution in [-0.2, 0) is 9.53 Å². The molecule has 0 saturated carbocycles. The fourth-order valence-electron chi connectivity index (χ4n) is 2.15. The van der Waals surface area contributed by atoms with Crippen molar-refractivity contribution >= 4 is 5.91 Å². The number of ether oxygens (including phenoxy) is 1. The summed E-state index contributed by atoms with van der Waals surface area (Å²) < 4.78 is 5.23. The SMILES string of the molecule is CO[C@@H]1CC(=O)N2CCC[C@@H]12. The van der Waals surface area contributed by atoms with Gasteiger partial charge in [0.15, 0.2) is 0 Å². The molecule has 2 fully saturated rings. The quantitative estimate of drug-likeness (QED) is 0.548. The molecule has 3 heteroatoms. The molecule has 2 atom stereocenters. The van der Waals surface area contributed by atoms with Crippen LogP contribution < -0.4 is 0 Å². The fourth-order valence-corrected chi connectivity index (χ4v) is 2.15. The Kier molecular flexibility index (Phi) is 1.60. The van der Waals surface area contributed by atoms with Crippen LogP contribution in [0.2, 0.25) is 0 Å². The summed E-state index contributed by atoms with van der Waals surface area (Å²) in [6.45, 7) is 0.948. The van der Waals surface area contributed by atoms with E-state index < -0.39 is 0 Å². The third kappa shape index (κ3) is 0.948. The third-order valence-electron chi connectivity index (χ3n) is 2.73. The number of fused-ring (bicyclic) bond motifs is 1. The van der Waals surface area contributed by atoms with Crippen molar-refractivity contribution in [2.45, 2.75) is 31.4 Å². The summed E-state index contributed by atoms with van der Waals surface area (Å²) in [4.78, 5) is 13.2. The van der Waals surface area contributed by atoms with Gasteiger partial charge in [-0.15, -0.1) is 0 Å². The van der Waals surface area contributed by atoms with Gasteiger partial charge in [0.05, 0.1) is 18.6 Å². The number of amides is 1. The van der Waals surface area contributed by atoms with E-state index in [-0.39, 0.29) is 12.0 Å². The van der Waals surface area contributed by atoms with Crippen molar-refractivity contribution in [2.75, 3.05) is 13.7 Å². The van der Waals surface area contributed by atoms with Crippen LogP contribution in [0.5, 0.6) is 0 Å². The Bertz CT molecular complexity index is 181. The number of methoxy groups -OCH3 is 1. The molecule has 0 aromatic rings. The van der Waals surface area contributed by atoms with E-state index in [4.69, 9.17) is 4.74 Å². The Morgan fingerprint density at radius 3 is 3.18 bits per heavy atom. The van der Waals surface area contributed by atoms with Crippen LogP contribution in [0.3, 0.4) is 0 Å². The largest absolute Gasteiger partial charge is 0.379 e. The lowest BCUT2D eigenvalue weighted by Gasteiger charge is -2.18. The second kappa shape index (κ2) is 2.48. The highest BCUT2D eigenvalue weighted by Crippen LogP contribution is 2.30. The molecule has 0 aromatic heterocycles. The van der Waals surface area contributed by atoms with Gasteiger partial charge in [0.1, 0.15) is 0 Å². The van der Waals surface area contributed by atoms with Gasteiger partial charge in [-0.1, -0.05) is 0 Å². The first-order chi connectivity index (χ1) is 5.33. The number of nitrogens with zero attached hydrogens (tertiary/aromatic N) is 1. The Morgan fingerprint density at radius 2 is 2.45 bits per heavy atom. The van der Waals surface area contributed by atoms with Gasteiger partial charge >= 0.3 is 0 Å². The van der Waals surface area contributed by atoms with Crippen LogP contribution in [0, 0.1) is 0 Å². The summed E-state index contributed by atoms with van der Waals surface area (Å²) in [5.41, 5.74) is 0. The Morgan fingerprint density at radius 1 is 1.64 bits per heavy atom.